The lowest BCUT2D eigenvalue weighted by atomic mass is 10.2. The fraction of sp³-hybridized carbons (Fsp3) is 0.189. The molecular weight excluding hydrogens is 1040 g/mol. The van der Waals surface area contributed by atoms with E-state index in [0.717, 1.165) is 49.3 Å². The molecule has 6 aromatic heterocycles. The first-order valence-electron chi connectivity index (χ1n) is 23.7. The van der Waals surface area contributed by atoms with Gasteiger partial charge in [0.1, 0.15) is 5.78 Å². The molecule has 0 saturated heterocycles. The van der Waals surface area contributed by atoms with Gasteiger partial charge in [0.05, 0.1) is 54.0 Å². The number of para-hydroxylation sites is 4. The zero-order valence-corrected chi connectivity index (χ0v) is 44.5. The van der Waals surface area contributed by atoms with E-state index in [4.69, 9.17) is 26.9 Å². The number of ether oxygens (including phenoxy) is 3. The molecule has 0 saturated carbocycles. The third-order valence-corrected chi connectivity index (χ3v) is 10.2. The Morgan fingerprint density at radius 1 is 0.570 bits per heavy atom. The van der Waals surface area contributed by atoms with E-state index in [1.54, 1.807) is 69.3 Å². The van der Waals surface area contributed by atoms with Crippen LogP contribution in [0, 0.1) is 13.8 Å². The first kappa shape index (κ1) is 61.9. The predicted molar refractivity (Wildman–Crippen MR) is 296 cm³/mol. The van der Waals surface area contributed by atoms with Crippen LogP contribution in [0.5, 0.6) is 0 Å². The molecule has 25 nitrogen and oxygen atoms in total. The van der Waals surface area contributed by atoms with Crippen LogP contribution in [-0.2, 0) is 28.6 Å². The molecule has 0 amide bonds. The van der Waals surface area contributed by atoms with Crippen molar-refractivity contribution in [3.63, 3.8) is 0 Å². The molecule has 0 spiro atoms. The summed E-state index contributed by atoms with van der Waals surface area (Å²) in [5.41, 5.74) is 7.85. The van der Waals surface area contributed by atoms with E-state index >= 15 is 0 Å². The van der Waals surface area contributed by atoms with E-state index in [1.165, 1.54) is 11.6 Å². The Morgan fingerprint density at radius 2 is 1.01 bits per heavy atom. The minimum atomic E-state index is -0.928. The molecule has 9 N–H and O–H groups in total. The summed E-state index contributed by atoms with van der Waals surface area (Å²) in [5.74, 6) is 11.5. The molecule has 410 valence electrons. The zero-order chi connectivity index (χ0) is 56.6. The minimum Gasteiger partial charge on any atom is -0.461 e. The normalized spacial score (nSPS) is 10.0. The predicted octanol–water partition coefficient (Wildman–Crippen LogP) is 5.89. The highest BCUT2D eigenvalue weighted by molar-refractivity contribution is 6.37. The molecule has 10 rings (SSSR count). The van der Waals surface area contributed by atoms with Crippen molar-refractivity contribution < 1.29 is 43.7 Å². The van der Waals surface area contributed by atoms with Crippen LogP contribution in [0.1, 0.15) is 66.5 Å². The maximum absolute atomic E-state index is 12.0. The van der Waals surface area contributed by atoms with Crippen molar-refractivity contribution in [2.24, 2.45) is 17.5 Å². The number of nitrogens with zero attached hydrogens (tertiary/aromatic N) is 12. The van der Waals surface area contributed by atoms with Crippen LogP contribution in [0.4, 0.5) is 5.95 Å². The summed E-state index contributed by atoms with van der Waals surface area (Å²) >= 11 is 5.60. The van der Waals surface area contributed by atoms with Crippen molar-refractivity contribution in [2.75, 3.05) is 25.2 Å². The summed E-state index contributed by atoms with van der Waals surface area (Å²) in [6, 6.07) is 34.1. The monoisotopic (exact) mass is 1100 g/mol. The summed E-state index contributed by atoms with van der Waals surface area (Å²) < 4.78 is 17.3. The number of aromatic nitrogens is 12. The fourth-order valence-corrected chi connectivity index (χ4v) is 6.75. The van der Waals surface area contributed by atoms with Gasteiger partial charge < -0.3 is 19.7 Å². The van der Waals surface area contributed by atoms with Crippen molar-refractivity contribution in [1.29, 1.82) is 0 Å². The second kappa shape index (κ2) is 31.4. The van der Waals surface area contributed by atoms with Gasteiger partial charge in [0.15, 0.2) is 11.4 Å². The van der Waals surface area contributed by atoms with Crippen LogP contribution in [-0.4, -0.2) is 114 Å². The number of nitrogens with one attached hydrogen (secondary N) is 1. The lowest BCUT2D eigenvalue weighted by molar-refractivity contribution is -0.154. The van der Waals surface area contributed by atoms with Gasteiger partial charge >= 0.3 is 17.9 Å². The average molecular weight is 1100 g/mol. The lowest BCUT2D eigenvalue weighted by Gasteiger charge is -2.06. The number of esters is 3. The van der Waals surface area contributed by atoms with Gasteiger partial charge in [-0.2, -0.15) is 14.9 Å². The number of aryl methyl sites for hydroxylation is 2. The second-order valence-electron chi connectivity index (χ2n) is 15.7. The molecule has 0 radical (unpaired) electrons. The largest absolute Gasteiger partial charge is 0.461 e. The zero-order valence-electron chi connectivity index (χ0n) is 43.8. The van der Waals surface area contributed by atoms with E-state index in [2.05, 4.69) is 71.9 Å². The topological polar surface area (TPSA) is 373 Å². The van der Waals surface area contributed by atoms with Crippen molar-refractivity contribution in [3.05, 3.63) is 162 Å². The summed E-state index contributed by atoms with van der Waals surface area (Å²) in [5, 5.41) is 12.7. The maximum Gasteiger partial charge on any atom is 0.375 e. The number of benzene rings is 4. The van der Waals surface area contributed by atoms with Gasteiger partial charge in [0.2, 0.25) is 17.0 Å². The Hall–Kier alpha value is -9.66. The van der Waals surface area contributed by atoms with Gasteiger partial charge in [0, 0.05) is 52.0 Å². The SMILES string of the molecule is CCOC(=O)C(=O)CC(C)=O.CCOC(=O)c1cc(C)n(-c2ncc3ccccc3n2)n1.CCOC(=O)c1cc(C)nn1-c1ncc2ccccc2n1.Clc1ncc2ccccc2n1.NN.NNc1ncc2ccccc2n1.O. The molecule has 0 aliphatic rings. The number of carbonyl (C=O) groups is 5. The number of Topliss-reactive ketones (excluding diaryl/α,β-unsaturated/α-hetero) is 2. The molecule has 0 atom stereocenters. The van der Waals surface area contributed by atoms with Crippen molar-refractivity contribution in [2.45, 2.75) is 48.0 Å². The second-order valence-corrected chi connectivity index (χ2v) is 16.0. The number of halogens is 1. The third kappa shape index (κ3) is 18.0. The Labute approximate surface area is 456 Å². The number of hydrazine groups is 2. The number of rotatable bonds is 11. The molecule has 0 fully saturated rings. The van der Waals surface area contributed by atoms with Gasteiger partial charge in [-0.25, -0.2) is 64.8 Å². The summed E-state index contributed by atoms with van der Waals surface area (Å²) in [4.78, 5) is 88.7. The van der Waals surface area contributed by atoms with Gasteiger partial charge in [-0.3, -0.25) is 26.7 Å². The van der Waals surface area contributed by atoms with Crippen molar-refractivity contribution in [1.82, 2.24) is 59.4 Å². The van der Waals surface area contributed by atoms with Gasteiger partial charge in [0.25, 0.3) is 11.9 Å². The van der Waals surface area contributed by atoms with E-state index in [1.807, 2.05) is 104 Å². The molecule has 79 heavy (non-hydrogen) atoms. The molecule has 6 heterocycles. The summed E-state index contributed by atoms with van der Waals surface area (Å²) in [7, 11) is 0. The first-order chi connectivity index (χ1) is 37.7. The number of carbonyl (C=O) groups excluding carboxylic acids is 5. The molecule has 0 unspecified atom stereocenters. The number of hydrogen-bond acceptors (Lipinski definition) is 22. The molecular formula is C53H57ClN16O9. The lowest BCUT2D eigenvalue weighted by Crippen LogP contribution is -2.19. The quantitative estimate of drug-likeness (QED) is 0.0223. The highest BCUT2D eigenvalue weighted by Crippen LogP contribution is 2.17. The van der Waals surface area contributed by atoms with Crippen LogP contribution in [0.25, 0.3) is 55.5 Å². The van der Waals surface area contributed by atoms with Crippen LogP contribution in [0.2, 0.25) is 5.28 Å². The Kier molecular flexibility index (Phi) is 24.6. The Morgan fingerprint density at radius 3 is 1.51 bits per heavy atom. The summed E-state index contributed by atoms with van der Waals surface area (Å²) in [6.07, 6.45) is 6.54. The standard InChI is InChI=1S/2C15H14N4O2.C8H5ClN2.C8H8N4.C7H10O4.H4N2.H2O/c1-3-21-14(20)13-8-10(2)19(18-13)15-16-9-11-6-4-5-7-12(11)17-15;1-3-21-14(20)13-8-10(2)18-19(13)15-16-9-11-6-4-5-7-12(11)17-15;9-8-10-5-6-3-1-2-4-7(6)11-8;9-12-8-10-5-6-3-1-2-4-7(6)11-8;1-3-11-7(10)6(9)4-5(2)8;1-2;/h2*4-9H,3H2,1-2H3;1-5H;1-5H,9H2,(H,10,11,12);3-4H2,1-2H3;1-2H2;1H2. The van der Waals surface area contributed by atoms with Crippen LogP contribution in [0.15, 0.2) is 134 Å². The smallest absolute Gasteiger partial charge is 0.375 e. The average Bonchev–Trinajstić information content (AvgIpc) is 4.09. The highest BCUT2D eigenvalue weighted by atomic mass is 35.5. The Bertz CT molecular complexity index is 3650. The van der Waals surface area contributed by atoms with Crippen LogP contribution in [0.3, 0.4) is 0 Å². The maximum atomic E-state index is 12.0. The van der Waals surface area contributed by atoms with Gasteiger partial charge in [-0.15, -0.1) is 0 Å². The van der Waals surface area contributed by atoms with Crippen molar-refractivity contribution in [3.8, 4) is 11.9 Å². The number of ketones is 2. The number of anilines is 1. The minimum absolute atomic E-state index is 0. The van der Waals surface area contributed by atoms with E-state index in [-0.39, 0.29) is 30.0 Å². The third-order valence-electron chi connectivity index (χ3n) is 10.0. The number of nitrogen functional groups attached to an aromatic ring is 1. The number of hydrogen-bond donors (Lipinski definition) is 4. The molecule has 26 heteroatoms. The van der Waals surface area contributed by atoms with E-state index in [0.29, 0.717) is 47.7 Å². The molecule has 0 aliphatic carbocycles. The Balaban J connectivity index is 0.000000217. The molecule has 0 aliphatic heterocycles. The molecule has 10 aromatic rings. The molecule has 0 bridgehead atoms. The van der Waals surface area contributed by atoms with Gasteiger partial charge in [-0.05, 0) is 89.5 Å². The van der Waals surface area contributed by atoms with Crippen LogP contribution >= 0.6 is 11.6 Å². The number of nitrogens with two attached hydrogens (primary N) is 3. The van der Waals surface area contributed by atoms with E-state index in [9.17, 15) is 24.0 Å². The van der Waals surface area contributed by atoms with Crippen molar-refractivity contribution >= 4 is 90.6 Å². The summed E-state index contributed by atoms with van der Waals surface area (Å²) in [6.45, 7) is 10.8. The van der Waals surface area contributed by atoms with E-state index < -0.39 is 23.7 Å². The first-order valence-corrected chi connectivity index (χ1v) is 24.1. The molecule has 4 aromatic carbocycles. The van der Waals surface area contributed by atoms with Gasteiger partial charge in [-0.1, -0.05) is 72.8 Å². The van der Waals surface area contributed by atoms with Crippen LogP contribution < -0.4 is 23.0 Å². The number of fused-ring (bicyclic) bond motifs is 4. The highest BCUT2D eigenvalue weighted by Gasteiger charge is 2.19. The fourth-order valence-electron chi connectivity index (χ4n) is 6.61.